The molecule has 152 valence electrons. The third-order valence-electron chi connectivity index (χ3n) is 3.75. The summed E-state index contributed by atoms with van der Waals surface area (Å²) in [7, 11) is 0. The number of hydrogen-bond donors (Lipinski definition) is 3. The summed E-state index contributed by atoms with van der Waals surface area (Å²) in [4.78, 5) is 0. The Hall–Kier alpha value is -1.06. The highest BCUT2D eigenvalue weighted by Gasteiger charge is 2.34. The van der Waals surface area contributed by atoms with Crippen LogP contribution < -0.4 is 0 Å². The van der Waals surface area contributed by atoms with Crippen LogP contribution in [0, 0.1) is 10.8 Å². The lowest BCUT2D eigenvalue weighted by molar-refractivity contribution is -0.120. The molecule has 26 heavy (non-hydrogen) atoms. The highest BCUT2D eigenvalue weighted by molar-refractivity contribution is 4.83. The van der Waals surface area contributed by atoms with Crippen molar-refractivity contribution in [3.63, 3.8) is 0 Å². The number of aliphatic hydroxyl groups is 3. The third kappa shape index (κ3) is 9.59. The monoisotopic (exact) mass is 374 g/mol. The average Bonchev–Trinajstić information content (AvgIpc) is 2.67. The first-order valence-electron chi connectivity index (χ1n) is 8.54. The Morgan fingerprint density at radius 2 is 0.846 bits per heavy atom. The first-order chi connectivity index (χ1) is 12.6. The normalized spacial score (nSPS) is 12.1. The van der Waals surface area contributed by atoms with Crippen LogP contribution in [0.15, 0.2) is 38.0 Å². The molecule has 0 spiro atoms. The zero-order valence-corrected chi connectivity index (χ0v) is 15.6. The second kappa shape index (κ2) is 15.0. The zero-order valence-electron chi connectivity index (χ0n) is 15.6. The fourth-order valence-corrected chi connectivity index (χ4v) is 2.10. The van der Waals surface area contributed by atoms with Gasteiger partial charge in [0.05, 0.1) is 83.5 Å². The van der Waals surface area contributed by atoms with Crippen molar-refractivity contribution in [2.75, 3.05) is 72.7 Å². The number of rotatable bonds is 19. The lowest BCUT2D eigenvalue weighted by atomic mass is 9.90. The van der Waals surface area contributed by atoms with E-state index in [1.54, 1.807) is 18.2 Å². The molecule has 0 atom stereocenters. The summed E-state index contributed by atoms with van der Waals surface area (Å²) in [5, 5.41) is 29.2. The number of aliphatic hydroxyl groups excluding tert-OH is 3. The molecule has 0 saturated carbocycles. The number of ether oxygens (including phenoxy) is 4. The van der Waals surface area contributed by atoms with Gasteiger partial charge in [0.2, 0.25) is 0 Å². The first kappa shape index (κ1) is 24.9. The van der Waals surface area contributed by atoms with Crippen LogP contribution in [0.4, 0.5) is 0 Å². The van der Waals surface area contributed by atoms with Gasteiger partial charge in [-0.05, 0) is 0 Å². The summed E-state index contributed by atoms with van der Waals surface area (Å²) in [6.07, 6.45) is 4.82. The molecule has 0 aliphatic heterocycles. The molecule has 0 aromatic heterocycles. The van der Waals surface area contributed by atoms with Crippen LogP contribution in [0.2, 0.25) is 0 Å². The molecule has 7 nitrogen and oxygen atoms in total. The molecule has 0 aromatic rings. The van der Waals surface area contributed by atoms with Gasteiger partial charge in [-0.1, -0.05) is 18.2 Å². The predicted molar refractivity (Wildman–Crippen MR) is 100.0 cm³/mol. The lowest BCUT2D eigenvalue weighted by Crippen LogP contribution is -2.44. The van der Waals surface area contributed by atoms with E-state index in [0.717, 1.165) is 0 Å². The maximum Gasteiger partial charge on any atom is 0.0645 e. The van der Waals surface area contributed by atoms with Crippen LogP contribution in [0.3, 0.4) is 0 Å². The van der Waals surface area contributed by atoms with Gasteiger partial charge in [-0.15, -0.1) is 19.7 Å². The van der Waals surface area contributed by atoms with Crippen molar-refractivity contribution in [1.82, 2.24) is 0 Å². The topological polar surface area (TPSA) is 97.6 Å². The fraction of sp³-hybridized carbons (Fsp3) is 0.684. The van der Waals surface area contributed by atoms with Gasteiger partial charge in [-0.2, -0.15) is 0 Å². The molecule has 0 fully saturated rings. The minimum absolute atomic E-state index is 0.0574. The van der Waals surface area contributed by atoms with E-state index in [1.165, 1.54) is 0 Å². The molecule has 0 saturated heterocycles. The third-order valence-corrected chi connectivity index (χ3v) is 3.75. The molecule has 0 aliphatic carbocycles. The zero-order chi connectivity index (χ0) is 19.7. The van der Waals surface area contributed by atoms with Crippen molar-refractivity contribution in [3.8, 4) is 0 Å². The Balaban J connectivity index is 4.80. The summed E-state index contributed by atoms with van der Waals surface area (Å²) in [5.74, 6) is 0. The van der Waals surface area contributed by atoms with E-state index in [4.69, 9.17) is 18.9 Å². The van der Waals surface area contributed by atoms with Gasteiger partial charge in [-0.25, -0.2) is 0 Å². The van der Waals surface area contributed by atoms with E-state index in [-0.39, 0.29) is 52.9 Å². The van der Waals surface area contributed by atoms with E-state index >= 15 is 0 Å². The van der Waals surface area contributed by atoms with Gasteiger partial charge in [0, 0.05) is 0 Å². The minimum Gasteiger partial charge on any atom is -0.396 e. The Morgan fingerprint density at radius 3 is 1.19 bits per heavy atom. The predicted octanol–water partition coefficient (Wildman–Crippen LogP) is 0.560. The van der Waals surface area contributed by atoms with Crippen molar-refractivity contribution in [1.29, 1.82) is 0 Å². The summed E-state index contributed by atoms with van der Waals surface area (Å²) >= 11 is 0. The molecular formula is C19H34O7. The van der Waals surface area contributed by atoms with Gasteiger partial charge >= 0.3 is 0 Å². The standard InChI is InChI=1S/C19H34O7/c1-4-7-23-13-18(10-20,11-21)14-26-17-19(12-22,15-24-8-5-2)16-25-9-6-3/h4-6,20-22H,1-3,7-17H2. The van der Waals surface area contributed by atoms with E-state index in [2.05, 4.69) is 19.7 Å². The first-order valence-corrected chi connectivity index (χ1v) is 8.54. The van der Waals surface area contributed by atoms with E-state index in [0.29, 0.717) is 19.8 Å². The minimum atomic E-state index is -0.936. The van der Waals surface area contributed by atoms with Crippen molar-refractivity contribution < 1.29 is 34.3 Å². The van der Waals surface area contributed by atoms with Gasteiger partial charge in [0.1, 0.15) is 0 Å². The van der Waals surface area contributed by atoms with Gasteiger partial charge in [-0.3, -0.25) is 0 Å². The second-order valence-electron chi connectivity index (χ2n) is 6.38. The summed E-state index contributed by atoms with van der Waals surface area (Å²) < 4.78 is 22.1. The Bertz CT molecular complexity index is 366. The molecule has 0 aromatic carbocycles. The van der Waals surface area contributed by atoms with Crippen molar-refractivity contribution in [3.05, 3.63) is 38.0 Å². The quantitative estimate of drug-likeness (QED) is 0.224. The molecule has 3 N–H and O–H groups in total. The molecule has 0 heterocycles. The van der Waals surface area contributed by atoms with Gasteiger partial charge < -0.3 is 34.3 Å². The van der Waals surface area contributed by atoms with Crippen molar-refractivity contribution in [2.24, 2.45) is 10.8 Å². The molecule has 7 heteroatoms. The van der Waals surface area contributed by atoms with Gasteiger partial charge in [0.15, 0.2) is 0 Å². The highest BCUT2D eigenvalue weighted by Crippen LogP contribution is 2.22. The van der Waals surface area contributed by atoms with Crippen molar-refractivity contribution in [2.45, 2.75) is 0 Å². The smallest absolute Gasteiger partial charge is 0.0645 e. The second-order valence-corrected chi connectivity index (χ2v) is 6.38. The van der Waals surface area contributed by atoms with Crippen LogP contribution in [-0.2, 0) is 18.9 Å². The molecular weight excluding hydrogens is 340 g/mol. The summed E-state index contributed by atoms with van der Waals surface area (Å²) in [6.45, 7) is 11.7. The molecule has 0 radical (unpaired) electrons. The van der Waals surface area contributed by atoms with Gasteiger partial charge in [0.25, 0.3) is 0 Å². The molecule has 0 bridgehead atoms. The molecule has 0 rings (SSSR count). The van der Waals surface area contributed by atoms with Crippen molar-refractivity contribution >= 4 is 0 Å². The largest absolute Gasteiger partial charge is 0.396 e. The lowest BCUT2D eigenvalue weighted by Gasteiger charge is -2.34. The highest BCUT2D eigenvalue weighted by atomic mass is 16.5. The maximum atomic E-state index is 9.87. The van der Waals surface area contributed by atoms with E-state index in [1.807, 2.05) is 0 Å². The Morgan fingerprint density at radius 1 is 0.538 bits per heavy atom. The fourth-order valence-electron chi connectivity index (χ4n) is 2.10. The molecule has 0 unspecified atom stereocenters. The molecule has 0 aliphatic rings. The van der Waals surface area contributed by atoms with Crippen LogP contribution in [0.1, 0.15) is 0 Å². The number of hydrogen-bond acceptors (Lipinski definition) is 7. The van der Waals surface area contributed by atoms with E-state index < -0.39 is 10.8 Å². The average molecular weight is 374 g/mol. The van der Waals surface area contributed by atoms with Crippen LogP contribution in [-0.4, -0.2) is 88.0 Å². The summed E-state index contributed by atoms with van der Waals surface area (Å²) in [6, 6.07) is 0. The Kier molecular flexibility index (Phi) is 14.4. The Labute approximate surface area is 156 Å². The maximum absolute atomic E-state index is 9.87. The molecule has 0 amide bonds. The SMILES string of the molecule is C=CCOCC(CO)(CO)COCC(CO)(COCC=C)COCC=C. The van der Waals surface area contributed by atoms with Crippen LogP contribution >= 0.6 is 0 Å². The van der Waals surface area contributed by atoms with E-state index in [9.17, 15) is 15.3 Å². The van der Waals surface area contributed by atoms with Crippen LogP contribution in [0.25, 0.3) is 0 Å². The van der Waals surface area contributed by atoms with Crippen LogP contribution in [0.5, 0.6) is 0 Å². The summed E-state index contributed by atoms with van der Waals surface area (Å²) in [5.41, 5.74) is -1.71.